The first-order chi connectivity index (χ1) is 8.83. The van der Waals surface area contributed by atoms with E-state index >= 15 is 0 Å². The van der Waals surface area contributed by atoms with Gasteiger partial charge in [-0.2, -0.15) is 0 Å². The average molecular weight is 248 g/mol. The summed E-state index contributed by atoms with van der Waals surface area (Å²) in [4.78, 5) is 11.5. The second kappa shape index (κ2) is 4.86. The van der Waals surface area contributed by atoms with Gasteiger partial charge in [-0.1, -0.05) is 12.1 Å². The standard InChI is InChI=1S/C13H16N2O3/c16-12(15-10-4-5-10)7-14-6-9-2-1-3-11-13(9)18-8-17-11/h1-3,10,14H,4-8H2,(H,15,16). The quantitative estimate of drug-likeness (QED) is 0.808. The maximum Gasteiger partial charge on any atom is 0.234 e. The molecule has 5 nitrogen and oxygen atoms in total. The van der Waals surface area contributed by atoms with E-state index in [1.807, 2.05) is 18.2 Å². The van der Waals surface area contributed by atoms with Crippen molar-refractivity contribution in [3.63, 3.8) is 0 Å². The fourth-order valence-corrected chi connectivity index (χ4v) is 1.95. The summed E-state index contributed by atoms with van der Waals surface area (Å²) >= 11 is 0. The van der Waals surface area contributed by atoms with Crippen molar-refractivity contribution in [2.24, 2.45) is 0 Å². The zero-order chi connectivity index (χ0) is 12.4. The fourth-order valence-electron chi connectivity index (χ4n) is 1.95. The summed E-state index contributed by atoms with van der Waals surface area (Å²) in [5, 5.41) is 6.05. The van der Waals surface area contributed by atoms with Gasteiger partial charge in [0.05, 0.1) is 6.54 Å². The number of hydrogen-bond acceptors (Lipinski definition) is 4. The Balaban J connectivity index is 1.50. The maximum absolute atomic E-state index is 11.5. The number of carbonyl (C=O) groups excluding carboxylic acids is 1. The highest BCUT2D eigenvalue weighted by Crippen LogP contribution is 2.35. The Hall–Kier alpha value is -1.75. The van der Waals surface area contributed by atoms with E-state index in [4.69, 9.17) is 9.47 Å². The molecule has 0 bridgehead atoms. The number of nitrogens with one attached hydrogen (secondary N) is 2. The average Bonchev–Trinajstić information content (AvgIpc) is 3.04. The van der Waals surface area contributed by atoms with Crippen LogP contribution in [0.2, 0.25) is 0 Å². The van der Waals surface area contributed by atoms with Gasteiger partial charge in [0, 0.05) is 18.2 Å². The molecule has 1 aromatic rings. The normalized spacial score (nSPS) is 16.7. The van der Waals surface area contributed by atoms with E-state index in [1.54, 1.807) is 0 Å². The van der Waals surface area contributed by atoms with Crippen molar-refractivity contribution in [3.05, 3.63) is 23.8 Å². The van der Waals surface area contributed by atoms with Gasteiger partial charge < -0.3 is 20.1 Å². The first-order valence-corrected chi connectivity index (χ1v) is 6.20. The highest BCUT2D eigenvalue weighted by atomic mass is 16.7. The molecule has 1 fully saturated rings. The Kier molecular flexibility index (Phi) is 3.06. The van der Waals surface area contributed by atoms with Gasteiger partial charge in [-0.25, -0.2) is 0 Å². The molecular weight excluding hydrogens is 232 g/mol. The van der Waals surface area contributed by atoms with E-state index in [-0.39, 0.29) is 12.7 Å². The molecule has 1 amide bonds. The van der Waals surface area contributed by atoms with Crippen molar-refractivity contribution < 1.29 is 14.3 Å². The number of rotatable bonds is 5. The third kappa shape index (κ3) is 2.56. The first-order valence-electron chi connectivity index (χ1n) is 6.20. The van der Waals surface area contributed by atoms with Crippen molar-refractivity contribution in [2.45, 2.75) is 25.4 Å². The number of hydrogen-bond donors (Lipinski definition) is 2. The Morgan fingerprint density at radius 1 is 1.33 bits per heavy atom. The molecule has 0 saturated heterocycles. The topological polar surface area (TPSA) is 59.6 Å². The monoisotopic (exact) mass is 248 g/mol. The third-order valence-corrected chi connectivity index (χ3v) is 3.02. The van der Waals surface area contributed by atoms with Crippen molar-refractivity contribution in [2.75, 3.05) is 13.3 Å². The molecule has 0 radical (unpaired) electrons. The van der Waals surface area contributed by atoms with Crippen molar-refractivity contribution in [1.29, 1.82) is 0 Å². The molecule has 0 atom stereocenters. The molecule has 96 valence electrons. The van der Waals surface area contributed by atoms with Crippen molar-refractivity contribution in [3.8, 4) is 11.5 Å². The molecule has 5 heteroatoms. The molecule has 2 N–H and O–H groups in total. The Morgan fingerprint density at radius 2 is 2.22 bits per heavy atom. The summed E-state index contributed by atoms with van der Waals surface area (Å²) < 4.78 is 10.7. The predicted octanol–water partition coefficient (Wildman–Crippen LogP) is 0.783. The molecule has 1 aliphatic heterocycles. The van der Waals surface area contributed by atoms with Crippen LogP contribution in [0, 0.1) is 0 Å². The van der Waals surface area contributed by atoms with Crippen molar-refractivity contribution in [1.82, 2.24) is 10.6 Å². The lowest BCUT2D eigenvalue weighted by Gasteiger charge is -2.07. The van der Waals surface area contributed by atoms with Crippen LogP contribution in [0.25, 0.3) is 0 Å². The number of ether oxygens (including phenoxy) is 2. The van der Waals surface area contributed by atoms with Crippen molar-refractivity contribution >= 4 is 5.91 Å². The number of fused-ring (bicyclic) bond motifs is 1. The molecule has 1 aromatic carbocycles. The summed E-state index contributed by atoms with van der Waals surface area (Å²) in [6, 6.07) is 6.19. The van der Waals surface area contributed by atoms with Crippen LogP contribution >= 0.6 is 0 Å². The van der Waals surface area contributed by atoms with E-state index in [1.165, 1.54) is 0 Å². The predicted molar refractivity (Wildman–Crippen MR) is 65.4 cm³/mol. The molecule has 18 heavy (non-hydrogen) atoms. The van der Waals surface area contributed by atoms with Crippen LogP contribution < -0.4 is 20.1 Å². The van der Waals surface area contributed by atoms with Crippen LogP contribution in [-0.4, -0.2) is 25.3 Å². The van der Waals surface area contributed by atoms with Crippen LogP contribution in [-0.2, 0) is 11.3 Å². The van der Waals surface area contributed by atoms with Gasteiger partial charge in [0.15, 0.2) is 11.5 Å². The first kappa shape index (κ1) is 11.3. The molecule has 1 saturated carbocycles. The van der Waals surface area contributed by atoms with Crippen LogP contribution in [0.4, 0.5) is 0 Å². The Labute approximate surface area is 105 Å². The smallest absolute Gasteiger partial charge is 0.234 e. The number of benzene rings is 1. The molecule has 0 spiro atoms. The maximum atomic E-state index is 11.5. The summed E-state index contributed by atoms with van der Waals surface area (Å²) in [5.41, 5.74) is 1.02. The van der Waals surface area contributed by atoms with Gasteiger partial charge >= 0.3 is 0 Å². The molecule has 1 heterocycles. The van der Waals surface area contributed by atoms with Crippen LogP contribution in [0.5, 0.6) is 11.5 Å². The highest BCUT2D eigenvalue weighted by Gasteiger charge is 2.23. The third-order valence-electron chi connectivity index (χ3n) is 3.02. The van der Waals surface area contributed by atoms with Gasteiger partial charge in [-0.15, -0.1) is 0 Å². The van der Waals surface area contributed by atoms with Crippen LogP contribution in [0.15, 0.2) is 18.2 Å². The van der Waals surface area contributed by atoms with E-state index < -0.39 is 0 Å². The minimum atomic E-state index is 0.0576. The van der Waals surface area contributed by atoms with Gasteiger partial charge in [-0.05, 0) is 18.9 Å². The summed E-state index contributed by atoms with van der Waals surface area (Å²) in [7, 11) is 0. The van der Waals surface area contributed by atoms with E-state index in [2.05, 4.69) is 10.6 Å². The van der Waals surface area contributed by atoms with Crippen LogP contribution in [0.3, 0.4) is 0 Å². The molecule has 2 aliphatic rings. The lowest BCUT2D eigenvalue weighted by atomic mass is 10.2. The Bertz CT molecular complexity index is 458. The number of carbonyl (C=O) groups is 1. The molecular formula is C13H16N2O3. The minimum absolute atomic E-state index is 0.0576. The number of para-hydroxylation sites is 1. The molecule has 3 rings (SSSR count). The SMILES string of the molecule is O=C(CNCc1cccc2c1OCO2)NC1CC1. The minimum Gasteiger partial charge on any atom is -0.454 e. The van der Waals surface area contributed by atoms with E-state index in [0.717, 1.165) is 29.9 Å². The molecule has 0 aromatic heterocycles. The lowest BCUT2D eigenvalue weighted by Crippen LogP contribution is -2.34. The van der Waals surface area contributed by atoms with E-state index in [9.17, 15) is 4.79 Å². The Morgan fingerprint density at radius 3 is 3.06 bits per heavy atom. The molecule has 1 aliphatic carbocycles. The summed E-state index contributed by atoms with van der Waals surface area (Å²) in [5.74, 6) is 1.62. The summed E-state index contributed by atoms with van der Waals surface area (Å²) in [6.45, 7) is 1.21. The largest absolute Gasteiger partial charge is 0.454 e. The molecule has 0 unspecified atom stereocenters. The van der Waals surface area contributed by atoms with Gasteiger partial charge in [0.2, 0.25) is 12.7 Å². The van der Waals surface area contributed by atoms with E-state index in [0.29, 0.717) is 19.1 Å². The van der Waals surface area contributed by atoms with Gasteiger partial charge in [0.1, 0.15) is 0 Å². The fraction of sp³-hybridized carbons (Fsp3) is 0.462. The highest BCUT2D eigenvalue weighted by molar-refractivity contribution is 5.78. The second-order valence-electron chi connectivity index (χ2n) is 4.60. The lowest BCUT2D eigenvalue weighted by molar-refractivity contribution is -0.120. The van der Waals surface area contributed by atoms with Gasteiger partial charge in [-0.3, -0.25) is 4.79 Å². The zero-order valence-corrected chi connectivity index (χ0v) is 10.1. The number of amides is 1. The van der Waals surface area contributed by atoms with Crippen LogP contribution in [0.1, 0.15) is 18.4 Å². The second-order valence-corrected chi connectivity index (χ2v) is 4.60. The summed E-state index contributed by atoms with van der Waals surface area (Å²) in [6.07, 6.45) is 2.23. The van der Waals surface area contributed by atoms with Gasteiger partial charge in [0.25, 0.3) is 0 Å². The zero-order valence-electron chi connectivity index (χ0n) is 10.1.